The van der Waals surface area contributed by atoms with Crippen molar-refractivity contribution < 1.29 is 9.53 Å². The van der Waals surface area contributed by atoms with Crippen LogP contribution in [-0.2, 0) is 11.3 Å². The van der Waals surface area contributed by atoms with Crippen LogP contribution in [0.4, 0.5) is 5.82 Å². The van der Waals surface area contributed by atoms with E-state index in [1.54, 1.807) is 16.9 Å². The van der Waals surface area contributed by atoms with Gasteiger partial charge >= 0.3 is 0 Å². The SMILES string of the molecule is O=C(COc1ccc(C2SCCS2)cc1)Nc1ccnn1Cc1ccccc1. The molecule has 2 aromatic carbocycles. The van der Waals surface area contributed by atoms with E-state index in [1.807, 2.05) is 66.0 Å². The quantitative estimate of drug-likeness (QED) is 0.623. The molecule has 3 aromatic rings. The number of benzene rings is 2. The maximum atomic E-state index is 12.3. The lowest BCUT2D eigenvalue weighted by atomic mass is 10.2. The highest BCUT2D eigenvalue weighted by atomic mass is 32.2. The zero-order valence-corrected chi connectivity index (χ0v) is 16.9. The molecule has 0 unspecified atom stereocenters. The maximum Gasteiger partial charge on any atom is 0.263 e. The first-order chi connectivity index (χ1) is 13.8. The molecule has 4 rings (SSSR count). The van der Waals surface area contributed by atoms with Crippen LogP contribution in [0.3, 0.4) is 0 Å². The van der Waals surface area contributed by atoms with Crippen LogP contribution in [0, 0.1) is 0 Å². The van der Waals surface area contributed by atoms with Crippen LogP contribution in [0.1, 0.15) is 15.7 Å². The van der Waals surface area contributed by atoms with Gasteiger partial charge in [-0.05, 0) is 23.3 Å². The van der Waals surface area contributed by atoms with E-state index in [2.05, 4.69) is 22.5 Å². The standard InChI is InChI=1S/C21H21N3O2S2/c25-20(15-26-18-8-6-17(7-9-18)21-27-12-13-28-21)23-19-10-11-22-24(19)14-16-4-2-1-3-5-16/h1-11,21H,12-15H2,(H,23,25). The molecule has 1 aliphatic rings. The molecule has 0 bridgehead atoms. The van der Waals surface area contributed by atoms with Crippen molar-refractivity contribution in [3.8, 4) is 5.75 Å². The fourth-order valence-corrected chi connectivity index (χ4v) is 5.78. The smallest absolute Gasteiger partial charge is 0.263 e. The summed E-state index contributed by atoms with van der Waals surface area (Å²) in [4.78, 5) is 12.3. The Balaban J connectivity index is 1.30. The molecular weight excluding hydrogens is 390 g/mol. The number of anilines is 1. The summed E-state index contributed by atoms with van der Waals surface area (Å²) in [7, 11) is 0. The summed E-state index contributed by atoms with van der Waals surface area (Å²) >= 11 is 3.95. The topological polar surface area (TPSA) is 56.1 Å². The third-order valence-corrected chi connectivity index (χ3v) is 7.41. The molecule has 1 fully saturated rings. The van der Waals surface area contributed by atoms with Crippen molar-refractivity contribution in [2.45, 2.75) is 11.1 Å². The molecule has 2 heterocycles. The fourth-order valence-electron chi connectivity index (χ4n) is 2.92. The highest BCUT2D eigenvalue weighted by molar-refractivity contribution is 8.19. The Morgan fingerprint density at radius 1 is 1.07 bits per heavy atom. The van der Waals surface area contributed by atoms with Gasteiger partial charge in [-0.1, -0.05) is 42.5 Å². The summed E-state index contributed by atoms with van der Waals surface area (Å²) in [6, 6.07) is 19.8. The number of thioether (sulfide) groups is 2. The van der Waals surface area contributed by atoms with Gasteiger partial charge in [0.2, 0.25) is 0 Å². The zero-order chi connectivity index (χ0) is 19.2. The van der Waals surface area contributed by atoms with Crippen molar-refractivity contribution >= 4 is 35.2 Å². The first-order valence-corrected chi connectivity index (χ1v) is 11.2. The van der Waals surface area contributed by atoms with Crippen molar-refractivity contribution in [3.63, 3.8) is 0 Å². The Labute approximate surface area is 172 Å². The molecule has 1 aromatic heterocycles. The second-order valence-electron chi connectivity index (χ2n) is 6.34. The third kappa shape index (κ3) is 4.91. The largest absolute Gasteiger partial charge is 0.484 e. The summed E-state index contributed by atoms with van der Waals surface area (Å²) in [5, 5.41) is 7.15. The van der Waals surface area contributed by atoms with E-state index >= 15 is 0 Å². The van der Waals surface area contributed by atoms with Gasteiger partial charge in [-0.25, -0.2) is 4.68 Å². The van der Waals surface area contributed by atoms with Gasteiger partial charge < -0.3 is 10.1 Å². The highest BCUT2D eigenvalue weighted by Gasteiger charge is 2.18. The molecule has 0 spiro atoms. The van der Waals surface area contributed by atoms with Gasteiger partial charge in [0.15, 0.2) is 6.61 Å². The van der Waals surface area contributed by atoms with Crippen molar-refractivity contribution in [2.24, 2.45) is 0 Å². The average Bonchev–Trinajstić information content (AvgIpc) is 3.41. The van der Waals surface area contributed by atoms with Crippen LogP contribution in [0.2, 0.25) is 0 Å². The van der Waals surface area contributed by atoms with Crippen molar-refractivity contribution in [1.29, 1.82) is 0 Å². The fraction of sp³-hybridized carbons (Fsp3) is 0.238. The minimum atomic E-state index is -0.208. The van der Waals surface area contributed by atoms with Crippen LogP contribution in [0.5, 0.6) is 5.75 Å². The summed E-state index contributed by atoms with van der Waals surface area (Å²) in [6.45, 7) is 0.561. The molecule has 28 heavy (non-hydrogen) atoms. The molecule has 0 radical (unpaired) electrons. The summed E-state index contributed by atoms with van der Waals surface area (Å²) in [6.07, 6.45) is 1.68. The first-order valence-electron chi connectivity index (χ1n) is 9.09. The number of carbonyl (C=O) groups excluding carboxylic acids is 1. The molecule has 1 aliphatic heterocycles. The van der Waals surface area contributed by atoms with Gasteiger partial charge in [0.1, 0.15) is 11.6 Å². The number of carbonyl (C=O) groups is 1. The van der Waals surface area contributed by atoms with Gasteiger partial charge in [-0.2, -0.15) is 5.10 Å². The molecule has 0 saturated carbocycles. The van der Waals surface area contributed by atoms with Crippen molar-refractivity contribution in [3.05, 3.63) is 78.0 Å². The molecule has 0 atom stereocenters. The summed E-state index contributed by atoms with van der Waals surface area (Å²) in [5.41, 5.74) is 2.42. The predicted molar refractivity (Wildman–Crippen MR) is 116 cm³/mol. The summed E-state index contributed by atoms with van der Waals surface area (Å²) in [5.74, 6) is 3.55. The number of hydrogen-bond donors (Lipinski definition) is 1. The lowest BCUT2D eigenvalue weighted by Gasteiger charge is -2.11. The monoisotopic (exact) mass is 411 g/mol. The Morgan fingerprint density at radius 3 is 2.57 bits per heavy atom. The van der Waals surface area contributed by atoms with E-state index in [0.29, 0.717) is 22.7 Å². The number of rotatable bonds is 7. The predicted octanol–water partition coefficient (Wildman–Crippen LogP) is 4.43. The molecule has 1 N–H and O–H groups in total. The van der Waals surface area contributed by atoms with Gasteiger partial charge in [-0.3, -0.25) is 4.79 Å². The second-order valence-corrected chi connectivity index (χ2v) is 9.06. The normalized spacial score (nSPS) is 14.1. The lowest BCUT2D eigenvalue weighted by molar-refractivity contribution is -0.118. The van der Waals surface area contributed by atoms with Crippen molar-refractivity contribution in [2.75, 3.05) is 23.4 Å². The minimum Gasteiger partial charge on any atom is -0.484 e. The number of nitrogens with one attached hydrogen (secondary N) is 1. The Morgan fingerprint density at radius 2 is 1.82 bits per heavy atom. The number of aromatic nitrogens is 2. The van der Waals surface area contributed by atoms with Crippen LogP contribution in [-0.4, -0.2) is 33.8 Å². The highest BCUT2D eigenvalue weighted by Crippen LogP contribution is 2.45. The Kier molecular flexibility index (Phi) is 6.24. The Bertz CT molecular complexity index is 907. The van der Waals surface area contributed by atoms with Crippen LogP contribution >= 0.6 is 23.5 Å². The van der Waals surface area contributed by atoms with Gasteiger partial charge in [0, 0.05) is 17.6 Å². The molecule has 1 amide bonds. The van der Waals surface area contributed by atoms with Crippen LogP contribution in [0.25, 0.3) is 0 Å². The van der Waals surface area contributed by atoms with E-state index in [9.17, 15) is 4.79 Å². The van der Waals surface area contributed by atoms with Gasteiger partial charge in [0.25, 0.3) is 5.91 Å². The summed E-state index contributed by atoms with van der Waals surface area (Å²) < 4.78 is 7.92. The second kappa shape index (κ2) is 9.21. The molecule has 7 heteroatoms. The van der Waals surface area contributed by atoms with Gasteiger partial charge in [-0.15, -0.1) is 23.5 Å². The minimum absolute atomic E-state index is 0.0389. The third-order valence-electron chi connectivity index (χ3n) is 4.30. The molecule has 144 valence electrons. The molecule has 0 aliphatic carbocycles. The van der Waals surface area contributed by atoms with E-state index in [-0.39, 0.29) is 12.5 Å². The van der Waals surface area contributed by atoms with Crippen LogP contribution < -0.4 is 10.1 Å². The van der Waals surface area contributed by atoms with Gasteiger partial charge in [0.05, 0.1) is 17.3 Å². The van der Waals surface area contributed by atoms with E-state index < -0.39 is 0 Å². The molecule has 1 saturated heterocycles. The zero-order valence-electron chi connectivity index (χ0n) is 15.3. The van der Waals surface area contributed by atoms with Crippen LogP contribution in [0.15, 0.2) is 66.9 Å². The number of nitrogens with zero attached hydrogens (tertiary/aromatic N) is 2. The van der Waals surface area contributed by atoms with E-state index in [1.165, 1.54) is 17.1 Å². The molecule has 5 nitrogen and oxygen atoms in total. The maximum absolute atomic E-state index is 12.3. The number of ether oxygens (including phenoxy) is 1. The van der Waals surface area contributed by atoms with E-state index in [4.69, 9.17) is 4.74 Å². The number of amides is 1. The molecular formula is C21H21N3O2S2. The average molecular weight is 412 g/mol. The van der Waals surface area contributed by atoms with Crippen molar-refractivity contribution in [1.82, 2.24) is 9.78 Å². The Hall–Kier alpha value is -2.38. The van der Waals surface area contributed by atoms with E-state index in [0.717, 1.165) is 5.56 Å². The first kappa shape index (κ1) is 19.0. The number of hydrogen-bond acceptors (Lipinski definition) is 5. The lowest BCUT2D eigenvalue weighted by Crippen LogP contribution is -2.22.